The van der Waals surface area contributed by atoms with Gasteiger partial charge in [-0.2, -0.15) is 0 Å². The molecule has 5 rings (SSSR count). The highest BCUT2D eigenvalue weighted by molar-refractivity contribution is 5.97. The maximum atomic E-state index is 13.2. The molecule has 0 aliphatic carbocycles. The van der Waals surface area contributed by atoms with Gasteiger partial charge in [-0.15, -0.1) is 0 Å². The minimum absolute atomic E-state index is 0.0904. The molecule has 0 N–H and O–H groups in total. The number of carbonyl (C=O) groups excluding carboxylic acids is 1. The van der Waals surface area contributed by atoms with Gasteiger partial charge in [0.05, 0.1) is 11.0 Å². The first-order chi connectivity index (χ1) is 13.2. The number of piperidine rings is 1. The molecular weight excluding hydrogens is 341 g/mol. The topological polar surface area (TPSA) is 46.1 Å². The van der Waals surface area contributed by atoms with Gasteiger partial charge in [0, 0.05) is 30.0 Å². The molecule has 2 aliphatic rings. The molecule has 1 unspecified atom stereocenters. The normalized spacial score (nSPS) is 24.3. The van der Waals surface area contributed by atoms with Crippen molar-refractivity contribution in [3.63, 3.8) is 0 Å². The average molecular weight is 361 g/mol. The molecule has 1 amide bonds. The lowest BCUT2D eigenvalue weighted by molar-refractivity contribution is 0.0571. The van der Waals surface area contributed by atoms with Crippen molar-refractivity contribution in [1.29, 1.82) is 0 Å². The summed E-state index contributed by atoms with van der Waals surface area (Å²) >= 11 is 0. The number of nitrogens with zero attached hydrogens (tertiary/aromatic N) is 3. The molecule has 4 nitrogen and oxygen atoms in total. The summed E-state index contributed by atoms with van der Waals surface area (Å²) in [7, 11) is 0. The van der Waals surface area contributed by atoms with Crippen molar-refractivity contribution >= 4 is 16.9 Å². The third kappa shape index (κ3) is 2.87. The van der Waals surface area contributed by atoms with Gasteiger partial charge in [-0.3, -0.25) is 14.8 Å². The van der Waals surface area contributed by atoms with Crippen molar-refractivity contribution in [2.75, 3.05) is 0 Å². The molecule has 2 aliphatic heterocycles. The van der Waals surface area contributed by atoms with Crippen LogP contribution in [0.25, 0.3) is 11.0 Å². The summed E-state index contributed by atoms with van der Waals surface area (Å²) in [6.07, 6.45) is 7.28. The Morgan fingerprint density at radius 1 is 0.926 bits per heavy atom. The number of halogens is 1. The molecule has 3 aromatic rings. The molecule has 136 valence electrons. The van der Waals surface area contributed by atoms with Gasteiger partial charge in [-0.05, 0) is 67.5 Å². The van der Waals surface area contributed by atoms with Crippen molar-refractivity contribution in [3.8, 4) is 0 Å². The Balaban J connectivity index is 1.39. The summed E-state index contributed by atoms with van der Waals surface area (Å²) in [4.78, 5) is 23.9. The van der Waals surface area contributed by atoms with E-state index in [1.54, 1.807) is 12.4 Å². The van der Waals surface area contributed by atoms with Gasteiger partial charge in [-0.1, -0.05) is 12.1 Å². The van der Waals surface area contributed by atoms with E-state index in [0.29, 0.717) is 11.5 Å². The molecule has 2 bridgehead atoms. The fourth-order valence-electron chi connectivity index (χ4n) is 4.76. The van der Waals surface area contributed by atoms with Crippen molar-refractivity contribution < 1.29 is 9.18 Å². The van der Waals surface area contributed by atoms with Crippen LogP contribution in [0.3, 0.4) is 0 Å². The van der Waals surface area contributed by atoms with Crippen LogP contribution in [-0.2, 0) is 0 Å². The average Bonchev–Trinajstić information content (AvgIpc) is 2.97. The third-order valence-corrected chi connectivity index (χ3v) is 6.03. The summed E-state index contributed by atoms with van der Waals surface area (Å²) in [5.41, 5.74) is 3.41. The summed E-state index contributed by atoms with van der Waals surface area (Å²) < 4.78 is 13.2. The van der Waals surface area contributed by atoms with Crippen LogP contribution >= 0.6 is 0 Å². The van der Waals surface area contributed by atoms with Gasteiger partial charge in [0.15, 0.2) is 0 Å². The van der Waals surface area contributed by atoms with Gasteiger partial charge < -0.3 is 4.90 Å². The number of carbonyl (C=O) groups is 1. The van der Waals surface area contributed by atoms with Gasteiger partial charge in [0.1, 0.15) is 5.82 Å². The molecular formula is C22H20FN3O. The number of hydrogen-bond donors (Lipinski definition) is 0. The SMILES string of the molecule is O=C(c1ccc2nccnc2c1)N1[C@@H]2CC[C@H]1CC(c1ccc(F)cc1)C2. The second-order valence-corrected chi connectivity index (χ2v) is 7.58. The van der Waals surface area contributed by atoms with E-state index in [9.17, 15) is 9.18 Å². The highest BCUT2D eigenvalue weighted by Gasteiger charge is 2.43. The van der Waals surface area contributed by atoms with Crippen LogP contribution in [0, 0.1) is 5.82 Å². The Morgan fingerprint density at radius 3 is 2.30 bits per heavy atom. The molecule has 0 radical (unpaired) electrons. The van der Waals surface area contributed by atoms with Crippen molar-refractivity contribution in [2.24, 2.45) is 0 Å². The monoisotopic (exact) mass is 361 g/mol. The van der Waals surface area contributed by atoms with E-state index < -0.39 is 0 Å². The van der Waals surface area contributed by atoms with Crippen LogP contribution < -0.4 is 0 Å². The highest BCUT2D eigenvalue weighted by atomic mass is 19.1. The Labute approximate surface area is 157 Å². The van der Waals surface area contributed by atoms with Crippen LogP contribution in [-0.4, -0.2) is 32.9 Å². The van der Waals surface area contributed by atoms with Crippen LogP contribution in [0.2, 0.25) is 0 Å². The summed E-state index contributed by atoms with van der Waals surface area (Å²) in [6.45, 7) is 0. The molecule has 5 heteroatoms. The molecule has 2 fully saturated rings. The maximum absolute atomic E-state index is 13.2. The number of aromatic nitrogens is 2. The Bertz CT molecular complexity index is 990. The van der Waals surface area contributed by atoms with E-state index in [-0.39, 0.29) is 23.8 Å². The second-order valence-electron chi connectivity index (χ2n) is 7.58. The van der Waals surface area contributed by atoms with Gasteiger partial charge >= 0.3 is 0 Å². The fraction of sp³-hybridized carbons (Fsp3) is 0.318. The standard InChI is InChI=1S/C22H20FN3O/c23-17-4-1-14(2-5-17)16-11-18-6-7-19(12-16)26(18)22(27)15-3-8-20-21(13-15)25-10-9-24-20/h1-5,8-10,13,16,18-19H,6-7,11-12H2/t16?,18-,19+. The lowest BCUT2D eigenvalue weighted by Gasteiger charge is -2.39. The Hall–Kier alpha value is -2.82. The lowest BCUT2D eigenvalue weighted by atomic mass is 9.85. The van der Waals surface area contributed by atoms with E-state index >= 15 is 0 Å². The first-order valence-electron chi connectivity index (χ1n) is 9.48. The largest absolute Gasteiger partial charge is 0.333 e. The van der Waals surface area contributed by atoms with E-state index in [4.69, 9.17) is 0 Å². The molecule has 3 atom stereocenters. The fourth-order valence-corrected chi connectivity index (χ4v) is 4.76. The zero-order chi connectivity index (χ0) is 18.4. The number of benzene rings is 2. The summed E-state index contributed by atoms with van der Waals surface area (Å²) in [6, 6.07) is 12.9. The van der Waals surface area contributed by atoms with Gasteiger partial charge in [0.25, 0.3) is 5.91 Å². The molecule has 27 heavy (non-hydrogen) atoms. The van der Waals surface area contributed by atoms with E-state index in [1.165, 1.54) is 17.7 Å². The van der Waals surface area contributed by atoms with Crippen LogP contribution in [0.4, 0.5) is 4.39 Å². The zero-order valence-corrected chi connectivity index (χ0v) is 14.9. The molecule has 2 saturated heterocycles. The smallest absolute Gasteiger partial charge is 0.254 e. The van der Waals surface area contributed by atoms with Crippen LogP contribution in [0.1, 0.15) is 47.5 Å². The molecule has 3 heterocycles. The molecule has 2 aromatic carbocycles. The first kappa shape index (κ1) is 16.4. The predicted octanol–water partition coefficient (Wildman–Crippen LogP) is 4.32. The first-order valence-corrected chi connectivity index (χ1v) is 9.48. The minimum Gasteiger partial charge on any atom is -0.333 e. The Kier molecular flexibility index (Phi) is 3.88. The summed E-state index contributed by atoms with van der Waals surface area (Å²) in [5.74, 6) is 0.288. The van der Waals surface area contributed by atoms with Crippen LogP contribution in [0.5, 0.6) is 0 Å². The quantitative estimate of drug-likeness (QED) is 0.683. The number of hydrogen-bond acceptors (Lipinski definition) is 3. The Morgan fingerprint density at radius 2 is 1.59 bits per heavy atom. The van der Waals surface area contributed by atoms with E-state index in [2.05, 4.69) is 14.9 Å². The molecule has 0 spiro atoms. The number of amides is 1. The number of rotatable bonds is 2. The third-order valence-electron chi connectivity index (χ3n) is 6.03. The van der Waals surface area contributed by atoms with Crippen LogP contribution in [0.15, 0.2) is 54.9 Å². The second kappa shape index (κ2) is 6.41. The minimum atomic E-state index is -0.200. The highest BCUT2D eigenvalue weighted by Crippen LogP contribution is 2.43. The van der Waals surface area contributed by atoms with Crippen molar-refractivity contribution in [2.45, 2.75) is 43.7 Å². The molecule has 0 saturated carbocycles. The summed E-state index contributed by atoms with van der Waals surface area (Å²) in [5, 5.41) is 0. The van der Waals surface area contributed by atoms with E-state index in [0.717, 1.165) is 36.7 Å². The molecule has 1 aromatic heterocycles. The predicted molar refractivity (Wildman–Crippen MR) is 101 cm³/mol. The number of fused-ring (bicyclic) bond motifs is 3. The lowest BCUT2D eigenvalue weighted by Crippen LogP contribution is -2.46. The van der Waals surface area contributed by atoms with Gasteiger partial charge in [0.2, 0.25) is 0 Å². The maximum Gasteiger partial charge on any atom is 0.254 e. The van der Waals surface area contributed by atoms with Crippen molar-refractivity contribution in [1.82, 2.24) is 14.9 Å². The van der Waals surface area contributed by atoms with Crippen molar-refractivity contribution in [3.05, 3.63) is 71.8 Å². The zero-order valence-electron chi connectivity index (χ0n) is 14.9. The van der Waals surface area contributed by atoms with E-state index in [1.807, 2.05) is 30.3 Å². The van der Waals surface area contributed by atoms with Gasteiger partial charge in [-0.25, -0.2) is 4.39 Å².